The average molecular weight is 266 g/mol. The second kappa shape index (κ2) is 6.07. The van der Waals surface area contributed by atoms with E-state index in [2.05, 4.69) is 35.9 Å². The van der Waals surface area contributed by atoms with Crippen LogP contribution in [0.15, 0.2) is 42.6 Å². The zero-order valence-corrected chi connectivity index (χ0v) is 11.7. The largest absolute Gasteiger partial charge is 0.399 e. The molecule has 20 heavy (non-hydrogen) atoms. The van der Waals surface area contributed by atoms with E-state index < -0.39 is 0 Å². The highest BCUT2D eigenvalue weighted by molar-refractivity contribution is 5.46. The third-order valence-corrected chi connectivity index (χ3v) is 3.10. The molecular weight excluding hydrogens is 248 g/mol. The van der Waals surface area contributed by atoms with Crippen LogP contribution in [0.1, 0.15) is 25.0 Å². The molecule has 4 nitrogen and oxygen atoms in total. The van der Waals surface area contributed by atoms with Gasteiger partial charge in [0, 0.05) is 24.5 Å². The maximum Gasteiger partial charge on any atom is 0.129 e. The summed E-state index contributed by atoms with van der Waals surface area (Å²) < 4.78 is 0. The lowest BCUT2D eigenvalue weighted by Gasteiger charge is -2.28. The summed E-state index contributed by atoms with van der Waals surface area (Å²) >= 11 is 0. The maximum absolute atomic E-state index is 8.82. The summed E-state index contributed by atoms with van der Waals surface area (Å²) in [4.78, 5) is 6.54. The first-order valence-corrected chi connectivity index (χ1v) is 6.57. The molecule has 0 fully saturated rings. The van der Waals surface area contributed by atoms with E-state index in [4.69, 9.17) is 11.0 Å². The number of nitrogens with two attached hydrogens (primary N) is 1. The highest BCUT2D eigenvalue weighted by Gasteiger charge is 2.12. The first kappa shape index (κ1) is 13.9. The molecule has 0 spiro atoms. The van der Waals surface area contributed by atoms with Gasteiger partial charge in [0.1, 0.15) is 11.9 Å². The molecule has 2 rings (SSSR count). The van der Waals surface area contributed by atoms with Crippen LogP contribution in [0.3, 0.4) is 0 Å². The van der Waals surface area contributed by atoms with Crippen LogP contribution in [0.2, 0.25) is 0 Å². The quantitative estimate of drug-likeness (QED) is 0.864. The Hall–Kier alpha value is -2.54. The molecule has 0 radical (unpaired) electrons. The van der Waals surface area contributed by atoms with Crippen LogP contribution < -0.4 is 10.6 Å². The second-order valence-electron chi connectivity index (χ2n) is 4.98. The van der Waals surface area contributed by atoms with Gasteiger partial charge < -0.3 is 10.6 Å². The van der Waals surface area contributed by atoms with Gasteiger partial charge in [-0.1, -0.05) is 12.1 Å². The molecule has 0 aliphatic heterocycles. The van der Waals surface area contributed by atoms with Crippen molar-refractivity contribution in [3.63, 3.8) is 0 Å². The van der Waals surface area contributed by atoms with Gasteiger partial charge in [0.05, 0.1) is 5.56 Å². The molecule has 1 aromatic heterocycles. The number of benzene rings is 1. The molecule has 102 valence electrons. The first-order valence-electron chi connectivity index (χ1n) is 6.57. The van der Waals surface area contributed by atoms with Crippen molar-refractivity contribution in [1.29, 1.82) is 5.26 Å². The molecule has 2 aromatic rings. The standard InChI is InChI=1S/C16H18N4/c1-12(2)20(11-13-4-3-5-15(18)8-13)16-7-6-14(9-17)10-19-16/h3-8,10,12H,11,18H2,1-2H3. The van der Waals surface area contributed by atoms with E-state index in [-0.39, 0.29) is 0 Å². The summed E-state index contributed by atoms with van der Waals surface area (Å²) in [6.45, 7) is 4.97. The van der Waals surface area contributed by atoms with Crippen LogP contribution in [0.5, 0.6) is 0 Å². The molecule has 1 heterocycles. The zero-order chi connectivity index (χ0) is 14.5. The van der Waals surface area contributed by atoms with Crippen molar-refractivity contribution in [2.24, 2.45) is 0 Å². The minimum Gasteiger partial charge on any atom is -0.399 e. The van der Waals surface area contributed by atoms with Gasteiger partial charge >= 0.3 is 0 Å². The zero-order valence-electron chi connectivity index (χ0n) is 11.7. The molecule has 0 bridgehead atoms. The summed E-state index contributed by atoms with van der Waals surface area (Å²) in [7, 11) is 0. The third-order valence-electron chi connectivity index (χ3n) is 3.10. The molecule has 0 unspecified atom stereocenters. The van der Waals surface area contributed by atoms with E-state index in [1.165, 1.54) is 0 Å². The topological polar surface area (TPSA) is 65.9 Å². The van der Waals surface area contributed by atoms with E-state index in [0.717, 1.165) is 23.6 Å². The van der Waals surface area contributed by atoms with Crippen LogP contribution in [-0.4, -0.2) is 11.0 Å². The Morgan fingerprint density at radius 1 is 1.30 bits per heavy atom. The van der Waals surface area contributed by atoms with Gasteiger partial charge in [0.25, 0.3) is 0 Å². The number of aromatic nitrogens is 1. The van der Waals surface area contributed by atoms with Gasteiger partial charge in [0.15, 0.2) is 0 Å². The predicted octanol–water partition coefficient (Wildman–Crippen LogP) is 2.95. The number of anilines is 2. The van der Waals surface area contributed by atoms with Crippen LogP contribution in [0.25, 0.3) is 0 Å². The number of nitrogens with zero attached hydrogens (tertiary/aromatic N) is 3. The van der Waals surface area contributed by atoms with Crippen molar-refractivity contribution in [2.45, 2.75) is 26.4 Å². The highest BCUT2D eigenvalue weighted by atomic mass is 15.2. The average Bonchev–Trinajstić information content (AvgIpc) is 2.45. The lowest BCUT2D eigenvalue weighted by molar-refractivity contribution is 0.672. The Bertz CT molecular complexity index is 611. The molecule has 0 amide bonds. The molecular formula is C16H18N4. The van der Waals surface area contributed by atoms with Gasteiger partial charge in [-0.15, -0.1) is 0 Å². The number of hydrogen-bond acceptors (Lipinski definition) is 4. The molecule has 0 saturated carbocycles. The Morgan fingerprint density at radius 2 is 2.10 bits per heavy atom. The lowest BCUT2D eigenvalue weighted by atomic mass is 10.1. The van der Waals surface area contributed by atoms with Crippen molar-refractivity contribution >= 4 is 11.5 Å². The number of pyridine rings is 1. The van der Waals surface area contributed by atoms with Crippen LogP contribution >= 0.6 is 0 Å². The molecule has 0 aliphatic rings. The van der Waals surface area contributed by atoms with E-state index in [9.17, 15) is 0 Å². The molecule has 2 N–H and O–H groups in total. The van der Waals surface area contributed by atoms with E-state index in [1.54, 1.807) is 12.3 Å². The SMILES string of the molecule is CC(C)N(Cc1cccc(N)c1)c1ccc(C#N)cn1. The highest BCUT2D eigenvalue weighted by Crippen LogP contribution is 2.19. The molecule has 0 atom stereocenters. The Morgan fingerprint density at radius 3 is 2.65 bits per heavy atom. The Balaban J connectivity index is 2.25. The fraction of sp³-hybridized carbons (Fsp3) is 0.250. The van der Waals surface area contributed by atoms with Crippen LogP contribution in [0.4, 0.5) is 11.5 Å². The molecule has 4 heteroatoms. The van der Waals surface area contributed by atoms with E-state index >= 15 is 0 Å². The van der Waals surface area contributed by atoms with Gasteiger partial charge in [0.2, 0.25) is 0 Å². The fourth-order valence-corrected chi connectivity index (χ4v) is 2.04. The van der Waals surface area contributed by atoms with E-state index in [1.807, 2.05) is 24.3 Å². The molecule has 0 saturated heterocycles. The fourth-order valence-electron chi connectivity index (χ4n) is 2.04. The predicted molar refractivity (Wildman–Crippen MR) is 81.1 cm³/mol. The van der Waals surface area contributed by atoms with Crippen molar-refractivity contribution in [3.8, 4) is 6.07 Å². The Kier molecular flexibility index (Phi) is 4.21. The van der Waals surface area contributed by atoms with Gasteiger partial charge in [-0.2, -0.15) is 5.26 Å². The van der Waals surface area contributed by atoms with Crippen LogP contribution in [0, 0.1) is 11.3 Å². The third kappa shape index (κ3) is 3.27. The summed E-state index contributed by atoms with van der Waals surface area (Å²) in [5, 5.41) is 8.82. The number of nitriles is 1. The summed E-state index contributed by atoms with van der Waals surface area (Å²) in [6, 6.07) is 13.9. The smallest absolute Gasteiger partial charge is 0.129 e. The monoisotopic (exact) mass is 266 g/mol. The number of nitrogen functional groups attached to an aromatic ring is 1. The summed E-state index contributed by atoms with van der Waals surface area (Å²) in [5.41, 5.74) is 8.29. The Labute approximate surface area is 119 Å². The number of rotatable bonds is 4. The van der Waals surface area contributed by atoms with Crippen molar-refractivity contribution < 1.29 is 0 Å². The van der Waals surface area contributed by atoms with Crippen molar-refractivity contribution in [3.05, 3.63) is 53.7 Å². The van der Waals surface area contributed by atoms with Gasteiger partial charge in [-0.25, -0.2) is 4.98 Å². The van der Waals surface area contributed by atoms with Crippen molar-refractivity contribution in [2.75, 3.05) is 10.6 Å². The van der Waals surface area contributed by atoms with Gasteiger partial charge in [-0.3, -0.25) is 0 Å². The van der Waals surface area contributed by atoms with E-state index in [0.29, 0.717) is 11.6 Å². The minimum atomic E-state index is 0.303. The van der Waals surface area contributed by atoms with Gasteiger partial charge in [-0.05, 0) is 43.7 Å². The first-order chi connectivity index (χ1) is 9.60. The number of hydrogen-bond donors (Lipinski definition) is 1. The summed E-state index contributed by atoms with van der Waals surface area (Å²) in [6.07, 6.45) is 1.60. The lowest BCUT2D eigenvalue weighted by Crippen LogP contribution is -2.30. The molecule has 0 aliphatic carbocycles. The minimum absolute atomic E-state index is 0.303. The molecule has 1 aromatic carbocycles. The maximum atomic E-state index is 8.82. The summed E-state index contributed by atoms with van der Waals surface area (Å²) in [5.74, 6) is 0.862. The van der Waals surface area contributed by atoms with Crippen molar-refractivity contribution in [1.82, 2.24) is 4.98 Å². The second-order valence-corrected chi connectivity index (χ2v) is 4.98. The van der Waals surface area contributed by atoms with Crippen LogP contribution in [-0.2, 0) is 6.54 Å². The normalized spacial score (nSPS) is 10.3.